The lowest BCUT2D eigenvalue weighted by Gasteiger charge is -2.32. The van der Waals surface area contributed by atoms with Crippen LogP contribution in [0.1, 0.15) is 113 Å². The average Bonchev–Trinajstić information content (AvgIpc) is 3.26. The maximum atomic E-state index is 15.2. The van der Waals surface area contributed by atoms with E-state index in [0.717, 1.165) is 4.40 Å². The van der Waals surface area contributed by atoms with Crippen molar-refractivity contribution in [3.63, 3.8) is 0 Å². The Kier molecular flexibility index (Phi) is 2.61. The van der Waals surface area contributed by atoms with Gasteiger partial charge in [0.25, 0.3) is 6.71 Å². The fraction of sp³-hybridized carbons (Fsp3) is 0.225. The summed E-state index contributed by atoms with van der Waals surface area (Å²) in [5.74, 6) is -12.2. The molecular weight excluding hydrogens is 567 g/mol. The lowest BCUT2D eigenvalue weighted by Crippen LogP contribution is -2.57. The average molecular weight is 630 g/mol. The molecular formula is C40H35BN2O3. The number of aromatic nitrogens is 2. The summed E-state index contributed by atoms with van der Waals surface area (Å²) in [5, 5.41) is -3.43. The van der Waals surface area contributed by atoms with Gasteiger partial charge < -0.3 is 9.14 Å². The van der Waals surface area contributed by atoms with E-state index in [9.17, 15) is 11.6 Å². The Hall–Kier alpha value is -4.97. The minimum absolute atomic E-state index is 0.498. The van der Waals surface area contributed by atoms with Gasteiger partial charge in [-0.3, -0.25) is 14.6 Å². The molecule has 226 valence electrons. The van der Waals surface area contributed by atoms with Crippen molar-refractivity contribution in [1.29, 1.82) is 0 Å². The Morgan fingerprint density at radius 2 is 1.41 bits per heavy atom. The number of fused-ring (bicyclic) bond motifs is 6. The highest BCUT2D eigenvalue weighted by molar-refractivity contribution is 6.97. The van der Waals surface area contributed by atoms with Crippen LogP contribution in [0.3, 0.4) is 0 Å². The van der Waals surface area contributed by atoms with Crippen LogP contribution in [-0.2, 0) is 0 Å². The zero-order valence-corrected chi connectivity index (χ0v) is 23.9. The number of benzene rings is 4. The second-order valence-electron chi connectivity index (χ2n) is 10.8. The van der Waals surface area contributed by atoms with Crippen molar-refractivity contribution in [3.8, 4) is 11.5 Å². The van der Waals surface area contributed by atoms with Crippen molar-refractivity contribution < 1.29 is 41.7 Å². The molecule has 0 aliphatic carbocycles. The van der Waals surface area contributed by atoms with Crippen LogP contribution in [0.2, 0.25) is 0 Å². The first-order valence-corrected chi connectivity index (χ1v) is 13.7. The molecule has 2 atom stereocenters. The highest BCUT2D eigenvalue weighted by Crippen LogP contribution is 2.33. The van der Waals surface area contributed by atoms with Gasteiger partial charge in [0.1, 0.15) is 11.5 Å². The Morgan fingerprint density at radius 3 is 2.13 bits per heavy atom. The molecule has 4 aromatic carbocycles. The first kappa shape index (κ1) is 11.7. The van der Waals surface area contributed by atoms with Gasteiger partial charge in [-0.15, -0.1) is 0 Å². The highest BCUT2D eigenvalue weighted by Gasteiger charge is 2.37. The fourth-order valence-electron chi connectivity index (χ4n) is 6.10. The minimum Gasteiger partial charge on any atom is -0.458 e. The van der Waals surface area contributed by atoms with Gasteiger partial charge in [0.2, 0.25) is 0 Å². The van der Waals surface area contributed by atoms with E-state index in [-0.39, 0.29) is 0 Å². The molecule has 0 bridgehead atoms. The Morgan fingerprint density at radius 1 is 0.761 bits per heavy atom. The fourth-order valence-corrected chi connectivity index (χ4v) is 6.10. The van der Waals surface area contributed by atoms with Crippen LogP contribution >= 0.6 is 0 Å². The van der Waals surface area contributed by atoms with E-state index in [0.29, 0.717) is 26.0 Å². The van der Waals surface area contributed by atoms with Gasteiger partial charge in [-0.1, -0.05) is 89.1 Å². The van der Waals surface area contributed by atoms with Crippen molar-refractivity contribution in [3.05, 3.63) is 122 Å². The van der Waals surface area contributed by atoms with Gasteiger partial charge in [0.15, 0.2) is 10.9 Å². The largest absolute Gasteiger partial charge is 0.458 e. The van der Waals surface area contributed by atoms with E-state index in [2.05, 4.69) is 4.98 Å². The first-order valence-electron chi connectivity index (χ1n) is 27.2. The molecule has 1 aliphatic heterocycles. The summed E-state index contributed by atoms with van der Waals surface area (Å²) < 4.78 is 244. The summed E-state index contributed by atoms with van der Waals surface area (Å²) in [6.45, 7) is -16.0. The number of hydrogen-bond donors (Lipinski definition) is 0. The van der Waals surface area contributed by atoms with Crippen LogP contribution in [-0.4, -0.2) is 16.1 Å². The third-order valence-electron chi connectivity index (χ3n) is 8.06. The number of ether oxygens (including phenoxy) is 1. The minimum atomic E-state index is -3.88. The van der Waals surface area contributed by atoms with Crippen LogP contribution in [0.4, 0.5) is 0 Å². The van der Waals surface area contributed by atoms with Gasteiger partial charge in [0, 0.05) is 49.7 Å². The summed E-state index contributed by atoms with van der Waals surface area (Å²) in [6.07, 6.45) is -1.98. The summed E-state index contributed by atoms with van der Waals surface area (Å²) in [4.78, 5) is 33.2. The molecule has 0 amide bonds. The summed E-state index contributed by atoms with van der Waals surface area (Å²) in [7, 11) is 0. The maximum absolute atomic E-state index is 15.2. The Balaban J connectivity index is 1.77. The van der Waals surface area contributed by atoms with Crippen molar-refractivity contribution >= 4 is 61.2 Å². The lowest BCUT2D eigenvalue weighted by molar-refractivity contribution is 0.488. The molecule has 7 aromatic rings. The Labute approximate surface area is 305 Å². The molecule has 0 saturated heterocycles. The predicted molar refractivity (Wildman–Crippen MR) is 191 cm³/mol. The Bertz CT molecular complexity index is 3700. The molecule has 2 unspecified atom stereocenters. The smallest absolute Gasteiger partial charge is 0.251 e. The highest BCUT2D eigenvalue weighted by atomic mass is 16.5. The van der Waals surface area contributed by atoms with Gasteiger partial charge in [-0.25, -0.2) is 0 Å². The van der Waals surface area contributed by atoms with E-state index < -0.39 is 218 Å². The van der Waals surface area contributed by atoms with E-state index >= 15 is 4.79 Å². The molecule has 46 heavy (non-hydrogen) atoms. The van der Waals surface area contributed by atoms with Crippen LogP contribution in [0.5, 0.6) is 11.5 Å². The van der Waals surface area contributed by atoms with Gasteiger partial charge in [-0.05, 0) is 69.5 Å². The second kappa shape index (κ2) is 10.3. The van der Waals surface area contributed by atoms with Crippen LogP contribution in [0.25, 0.3) is 38.1 Å². The standard InChI is InChI=1S/C40H35BN2O3/c1-21(2)24-15-26(22(3)4)37(27(16-24)23(5)6)41-31-12-8-10-14-35(31)46-36-18-34-28(17-32(36)41)40(45)30-20-42-19-29-38(30)43(34)33-13-9-7-11-25(33)39(29)44/h7-23H,1-6H3/i1D3,2D3,3D3,5D3,7D,8D,9D,10D,11D,12D,13D,14D,17D,18D,19D,20D,21D,22D,23D. The predicted octanol–water partition coefficient (Wildman–Crippen LogP) is 6.94. The molecule has 1 aliphatic rings. The quantitative estimate of drug-likeness (QED) is 0.120. The zero-order chi connectivity index (χ0) is 55.2. The number of nitrogens with zero attached hydrogens (tertiary/aromatic N) is 2. The second-order valence-corrected chi connectivity index (χ2v) is 10.8. The van der Waals surface area contributed by atoms with Crippen molar-refractivity contribution in [1.82, 2.24) is 9.38 Å². The van der Waals surface area contributed by atoms with Crippen LogP contribution < -0.4 is 32.0 Å². The third-order valence-corrected chi connectivity index (χ3v) is 8.06. The van der Waals surface area contributed by atoms with Crippen LogP contribution in [0.15, 0.2) is 94.5 Å². The summed E-state index contributed by atoms with van der Waals surface area (Å²) in [6, 6.07) is -9.27. The van der Waals surface area contributed by atoms with Gasteiger partial charge in [-0.2, -0.15) is 0 Å². The molecule has 5 nitrogen and oxygen atoms in total. The van der Waals surface area contributed by atoms with E-state index in [4.69, 9.17) is 34.9 Å². The molecule has 0 spiro atoms. The number of rotatable bonds is 4. The lowest BCUT2D eigenvalue weighted by atomic mass is 9.33. The van der Waals surface area contributed by atoms with E-state index in [1.807, 2.05) is 0 Å². The van der Waals surface area contributed by atoms with E-state index in [1.165, 1.54) is 0 Å². The molecule has 0 fully saturated rings. The SMILES string of the molecule is [2H]c1c([2H])c([2H])c2c(c1[2H])Oc1c(c([2H])c3c(=O)c4c([2H])nc([2H])c5c(=O)c6c([2H])c([2H])c([2H])c([2H])c6n(c3c1[2H])c54)B2c1c(C([2H])(C)C([2H])([2H])[2H])cc(C([2H])(C([2H])([2H])[2H])C([2H])([2H])[2H])cc1C([2H])(C)C([2H])([2H])[2H]. The molecule has 3 aromatic heterocycles. The van der Waals surface area contributed by atoms with Crippen molar-refractivity contribution in [2.75, 3.05) is 0 Å². The third kappa shape index (κ3) is 3.99. The molecule has 0 radical (unpaired) electrons. The maximum Gasteiger partial charge on any atom is 0.251 e. The topological polar surface area (TPSA) is 60.7 Å². The zero-order valence-electron chi connectivity index (χ0n) is 50.9. The van der Waals surface area contributed by atoms with Gasteiger partial charge in [0.05, 0.1) is 43.8 Å². The van der Waals surface area contributed by atoms with Gasteiger partial charge >= 0.3 is 0 Å². The molecule has 6 heteroatoms. The van der Waals surface area contributed by atoms with E-state index in [1.54, 1.807) is 0 Å². The van der Waals surface area contributed by atoms with Crippen molar-refractivity contribution in [2.24, 2.45) is 0 Å². The summed E-state index contributed by atoms with van der Waals surface area (Å²) >= 11 is 0. The first-order chi connectivity index (χ1) is 33.0. The van der Waals surface area contributed by atoms with Crippen molar-refractivity contribution in [2.45, 2.75) is 58.9 Å². The number of para-hydroxylation sites is 2. The molecule has 4 heterocycles. The number of hydrogen-bond acceptors (Lipinski definition) is 4. The molecule has 0 N–H and O–H groups in total. The van der Waals surface area contributed by atoms with Crippen LogP contribution in [0, 0.1) is 0 Å². The molecule has 0 saturated carbocycles. The molecule has 8 rings (SSSR count). The summed E-state index contributed by atoms with van der Waals surface area (Å²) in [5.41, 5.74) is -10.9. The normalized spacial score (nSPS) is 25.3. The monoisotopic (exact) mass is 629 g/mol. The number of pyridine rings is 3.